The Kier molecular flexibility index (Phi) is 2.59. The molecule has 4 heteroatoms. The van der Waals surface area contributed by atoms with Gasteiger partial charge in [0.2, 0.25) is 0 Å². The van der Waals surface area contributed by atoms with Crippen LogP contribution >= 0.6 is 0 Å². The maximum atomic E-state index is 11.5. The number of hydrogen-bond donors (Lipinski definition) is 3. The first-order chi connectivity index (χ1) is 8.66. The van der Waals surface area contributed by atoms with Crippen LogP contribution in [0.3, 0.4) is 0 Å². The molecule has 1 aromatic carbocycles. The zero-order valence-corrected chi connectivity index (χ0v) is 10.2. The van der Waals surface area contributed by atoms with Gasteiger partial charge in [0.1, 0.15) is 6.04 Å². The highest BCUT2D eigenvalue weighted by atomic mass is 16.4. The van der Waals surface area contributed by atoms with Crippen molar-refractivity contribution in [3.05, 3.63) is 35.5 Å². The summed E-state index contributed by atoms with van der Waals surface area (Å²) in [6.45, 7) is 1.93. The highest BCUT2D eigenvalue weighted by Gasteiger charge is 2.31. The van der Waals surface area contributed by atoms with E-state index in [1.54, 1.807) is 0 Å². The molecule has 0 amide bonds. The van der Waals surface area contributed by atoms with E-state index in [0.29, 0.717) is 6.04 Å². The molecule has 0 aliphatic heterocycles. The Morgan fingerprint density at radius 1 is 1.44 bits per heavy atom. The Balaban J connectivity index is 2.09. The van der Waals surface area contributed by atoms with E-state index in [4.69, 9.17) is 0 Å². The molecule has 1 fully saturated rings. The van der Waals surface area contributed by atoms with Gasteiger partial charge in [0, 0.05) is 28.2 Å². The summed E-state index contributed by atoms with van der Waals surface area (Å²) in [6.07, 6.45) is 2.15. The maximum Gasteiger partial charge on any atom is 0.325 e. The molecule has 3 N–H and O–H groups in total. The van der Waals surface area contributed by atoms with Crippen molar-refractivity contribution >= 4 is 16.9 Å². The molecule has 0 saturated heterocycles. The number of aromatic amines is 1. The normalized spacial score (nSPS) is 16.9. The van der Waals surface area contributed by atoms with Crippen LogP contribution in [0.4, 0.5) is 0 Å². The van der Waals surface area contributed by atoms with Gasteiger partial charge in [-0.1, -0.05) is 18.2 Å². The van der Waals surface area contributed by atoms with Gasteiger partial charge in [-0.2, -0.15) is 0 Å². The molecule has 2 aromatic rings. The third-order valence-electron chi connectivity index (χ3n) is 3.46. The van der Waals surface area contributed by atoms with Crippen molar-refractivity contribution in [2.24, 2.45) is 0 Å². The van der Waals surface area contributed by atoms with Crippen LogP contribution in [-0.4, -0.2) is 22.1 Å². The van der Waals surface area contributed by atoms with E-state index in [-0.39, 0.29) is 0 Å². The van der Waals surface area contributed by atoms with Gasteiger partial charge >= 0.3 is 5.97 Å². The maximum absolute atomic E-state index is 11.5. The molecule has 1 aliphatic carbocycles. The predicted octanol–water partition coefficient (Wildman–Crippen LogP) is 2.35. The molecule has 0 radical (unpaired) electrons. The van der Waals surface area contributed by atoms with Crippen molar-refractivity contribution in [2.45, 2.75) is 31.8 Å². The average molecular weight is 244 g/mol. The Morgan fingerprint density at radius 3 is 2.83 bits per heavy atom. The summed E-state index contributed by atoms with van der Waals surface area (Å²) in [4.78, 5) is 14.7. The number of aliphatic carboxylic acids is 1. The molecule has 18 heavy (non-hydrogen) atoms. The highest BCUT2D eigenvalue weighted by Crippen LogP contribution is 2.31. The number of H-pyrrole nitrogens is 1. The Morgan fingerprint density at radius 2 is 2.17 bits per heavy atom. The average Bonchev–Trinajstić information content (AvgIpc) is 3.08. The first-order valence-electron chi connectivity index (χ1n) is 6.23. The number of aryl methyl sites for hydroxylation is 1. The summed E-state index contributed by atoms with van der Waals surface area (Å²) < 4.78 is 0. The molecule has 1 aromatic heterocycles. The lowest BCUT2D eigenvalue weighted by atomic mass is 10.0. The van der Waals surface area contributed by atoms with Crippen LogP contribution in [0.1, 0.15) is 30.1 Å². The zero-order valence-electron chi connectivity index (χ0n) is 10.2. The van der Waals surface area contributed by atoms with Gasteiger partial charge < -0.3 is 10.1 Å². The summed E-state index contributed by atoms with van der Waals surface area (Å²) in [6, 6.07) is 7.58. The second-order valence-corrected chi connectivity index (χ2v) is 4.92. The van der Waals surface area contributed by atoms with E-state index in [9.17, 15) is 9.90 Å². The fourth-order valence-electron chi connectivity index (χ4n) is 2.43. The number of carboxylic acid groups (broad SMARTS) is 1. The standard InChI is InChI=1S/C14H16N2O2/c1-8-12(10-4-2-3-5-11(10)15-8)13(14(17)18)16-9-6-7-9/h2-5,9,13,15-16H,6-7H2,1H3,(H,17,18). The lowest BCUT2D eigenvalue weighted by molar-refractivity contribution is -0.139. The van der Waals surface area contributed by atoms with Gasteiger partial charge in [-0.25, -0.2) is 0 Å². The van der Waals surface area contributed by atoms with E-state index >= 15 is 0 Å². The number of para-hydroxylation sites is 1. The van der Waals surface area contributed by atoms with Gasteiger partial charge in [-0.3, -0.25) is 10.1 Å². The van der Waals surface area contributed by atoms with Crippen LogP contribution in [0, 0.1) is 6.92 Å². The van der Waals surface area contributed by atoms with Gasteiger partial charge in [0.05, 0.1) is 0 Å². The minimum atomic E-state index is -0.810. The molecule has 1 atom stereocenters. The molecule has 1 aliphatic rings. The third kappa shape index (κ3) is 1.88. The molecule has 0 spiro atoms. The summed E-state index contributed by atoms with van der Waals surface area (Å²) in [5.74, 6) is -0.810. The first kappa shape index (κ1) is 11.3. The molecule has 3 rings (SSSR count). The van der Waals surface area contributed by atoms with Crippen LogP contribution in [0.25, 0.3) is 10.9 Å². The largest absolute Gasteiger partial charge is 0.480 e. The van der Waals surface area contributed by atoms with E-state index < -0.39 is 12.0 Å². The Bertz CT molecular complexity index is 599. The highest BCUT2D eigenvalue weighted by molar-refractivity contribution is 5.90. The fraction of sp³-hybridized carbons (Fsp3) is 0.357. The summed E-state index contributed by atoms with van der Waals surface area (Å²) >= 11 is 0. The Labute approximate surface area is 105 Å². The smallest absolute Gasteiger partial charge is 0.325 e. The molecule has 1 unspecified atom stereocenters. The Hall–Kier alpha value is -1.81. The minimum absolute atomic E-state index is 0.360. The second kappa shape index (κ2) is 4.14. The lowest BCUT2D eigenvalue weighted by Crippen LogP contribution is -2.30. The first-order valence-corrected chi connectivity index (χ1v) is 6.23. The van der Waals surface area contributed by atoms with E-state index in [0.717, 1.165) is 35.0 Å². The molecule has 1 heterocycles. The topological polar surface area (TPSA) is 65.1 Å². The van der Waals surface area contributed by atoms with Crippen LogP contribution in [0.15, 0.2) is 24.3 Å². The summed E-state index contributed by atoms with van der Waals surface area (Å²) in [5.41, 5.74) is 2.79. The van der Waals surface area contributed by atoms with Crippen molar-refractivity contribution in [1.82, 2.24) is 10.3 Å². The van der Waals surface area contributed by atoms with Crippen molar-refractivity contribution in [3.63, 3.8) is 0 Å². The number of benzene rings is 1. The zero-order chi connectivity index (χ0) is 12.7. The molecule has 0 bridgehead atoms. The van der Waals surface area contributed by atoms with Crippen LogP contribution in [0.2, 0.25) is 0 Å². The van der Waals surface area contributed by atoms with E-state index in [2.05, 4.69) is 10.3 Å². The lowest BCUT2D eigenvalue weighted by Gasteiger charge is -2.14. The van der Waals surface area contributed by atoms with Crippen LogP contribution in [0.5, 0.6) is 0 Å². The van der Waals surface area contributed by atoms with Crippen molar-refractivity contribution in [3.8, 4) is 0 Å². The number of nitrogens with one attached hydrogen (secondary N) is 2. The summed E-state index contributed by atoms with van der Waals surface area (Å²) in [5, 5.41) is 13.6. The van der Waals surface area contributed by atoms with Crippen molar-refractivity contribution in [1.29, 1.82) is 0 Å². The molecule has 4 nitrogen and oxygen atoms in total. The number of carbonyl (C=O) groups is 1. The van der Waals surface area contributed by atoms with Crippen molar-refractivity contribution < 1.29 is 9.90 Å². The molecular formula is C14H16N2O2. The number of fused-ring (bicyclic) bond motifs is 1. The molecular weight excluding hydrogens is 228 g/mol. The van der Waals surface area contributed by atoms with Gasteiger partial charge in [-0.15, -0.1) is 0 Å². The minimum Gasteiger partial charge on any atom is -0.480 e. The second-order valence-electron chi connectivity index (χ2n) is 4.92. The van der Waals surface area contributed by atoms with Gasteiger partial charge in [-0.05, 0) is 25.8 Å². The molecule has 1 saturated carbocycles. The summed E-state index contributed by atoms with van der Waals surface area (Å²) in [7, 11) is 0. The number of carboxylic acids is 1. The fourth-order valence-corrected chi connectivity index (χ4v) is 2.43. The monoisotopic (exact) mass is 244 g/mol. The third-order valence-corrected chi connectivity index (χ3v) is 3.46. The van der Waals surface area contributed by atoms with Gasteiger partial charge in [0.25, 0.3) is 0 Å². The SMILES string of the molecule is Cc1[nH]c2ccccc2c1C(NC1CC1)C(=O)O. The van der Waals surface area contributed by atoms with Crippen molar-refractivity contribution in [2.75, 3.05) is 0 Å². The predicted molar refractivity (Wildman–Crippen MR) is 69.6 cm³/mol. The van der Waals surface area contributed by atoms with Crippen LogP contribution in [-0.2, 0) is 4.79 Å². The van der Waals surface area contributed by atoms with Crippen LogP contribution < -0.4 is 5.32 Å². The van der Waals surface area contributed by atoms with E-state index in [1.807, 2.05) is 31.2 Å². The molecule has 94 valence electrons. The number of aromatic nitrogens is 1. The van der Waals surface area contributed by atoms with Gasteiger partial charge in [0.15, 0.2) is 0 Å². The number of rotatable bonds is 4. The quantitative estimate of drug-likeness (QED) is 0.773. The number of hydrogen-bond acceptors (Lipinski definition) is 2. The van der Waals surface area contributed by atoms with E-state index in [1.165, 1.54) is 0 Å².